The summed E-state index contributed by atoms with van der Waals surface area (Å²) in [6.07, 6.45) is 4.87. The van der Waals surface area contributed by atoms with Gasteiger partial charge in [0.1, 0.15) is 5.82 Å². The third-order valence-corrected chi connectivity index (χ3v) is 5.81. The molecule has 0 saturated carbocycles. The number of hydrogen-bond acceptors (Lipinski definition) is 6. The monoisotopic (exact) mass is 373 g/mol. The smallest absolute Gasteiger partial charge is 0.319 e. The molecule has 0 radical (unpaired) electrons. The van der Waals surface area contributed by atoms with Crippen molar-refractivity contribution < 1.29 is 19.0 Å². The molecule has 0 spiro atoms. The first-order valence-corrected chi connectivity index (χ1v) is 9.20. The van der Waals surface area contributed by atoms with Gasteiger partial charge in [0.2, 0.25) is 5.88 Å². The molecule has 0 aliphatic carbocycles. The molecule has 2 atom stereocenters. The maximum absolute atomic E-state index is 13.2. The molecule has 0 unspecified atom stereocenters. The van der Waals surface area contributed by atoms with Gasteiger partial charge in [-0.3, -0.25) is 4.90 Å². The lowest BCUT2D eigenvalue weighted by Gasteiger charge is -2.44. The van der Waals surface area contributed by atoms with E-state index in [0.29, 0.717) is 24.3 Å². The Bertz CT molecular complexity index is 801. The van der Waals surface area contributed by atoms with E-state index in [1.165, 1.54) is 26.4 Å². The Kier molecular flexibility index (Phi) is 4.74. The standard InChI is InChI=1S/C20H24FN3O3/c1-26-18-17(11-22-19(23-18)27-2)20(25)9-15-7-8-16(10-20)24(15)12-13-3-5-14(21)6-4-13/h3-6,11,15-16,25H,7-10,12H2,1-2H3/t15-,16-/m0/s1. The molecule has 6 nitrogen and oxygen atoms in total. The number of aliphatic hydroxyl groups is 1. The summed E-state index contributed by atoms with van der Waals surface area (Å²) in [5, 5.41) is 11.4. The summed E-state index contributed by atoms with van der Waals surface area (Å²) in [5.74, 6) is 0.136. The number of piperidine rings is 1. The van der Waals surface area contributed by atoms with E-state index in [1.54, 1.807) is 6.20 Å². The van der Waals surface area contributed by atoms with Crippen LogP contribution in [0, 0.1) is 5.82 Å². The predicted molar refractivity (Wildman–Crippen MR) is 97.0 cm³/mol. The zero-order valence-corrected chi connectivity index (χ0v) is 15.6. The van der Waals surface area contributed by atoms with Crippen molar-refractivity contribution in [2.24, 2.45) is 0 Å². The first kappa shape index (κ1) is 18.1. The highest BCUT2D eigenvalue weighted by atomic mass is 19.1. The van der Waals surface area contributed by atoms with Gasteiger partial charge >= 0.3 is 6.01 Å². The van der Waals surface area contributed by atoms with Crippen LogP contribution in [0.4, 0.5) is 4.39 Å². The molecule has 144 valence electrons. The Balaban J connectivity index is 1.56. The summed E-state index contributed by atoms with van der Waals surface area (Å²) < 4.78 is 23.6. The van der Waals surface area contributed by atoms with Crippen molar-refractivity contribution in [1.29, 1.82) is 0 Å². The lowest BCUT2D eigenvalue weighted by Crippen LogP contribution is -2.49. The second kappa shape index (κ2) is 7.05. The maximum atomic E-state index is 13.2. The minimum Gasteiger partial charge on any atom is -0.481 e. The van der Waals surface area contributed by atoms with Gasteiger partial charge in [-0.2, -0.15) is 4.98 Å². The molecule has 7 heteroatoms. The lowest BCUT2D eigenvalue weighted by atomic mass is 9.81. The average molecular weight is 373 g/mol. The number of rotatable bonds is 5. The van der Waals surface area contributed by atoms with Crippen LogP contribution in [0.15, 0.2) is 30.5 Å². The molecule has 2 bridgehead atoms. The van der Waals surface area contributed by atoms with Crippen LogP contribution < -0.4 is 9.47 Å². The summed E-state index contributed by atoms with van der Waals surface area (Å²) in [6, 6.07) is 7.38. The second-order valence-electron chi connectivity index (χ2n) is 7.40. The van der Waals surface area contributed by atoms with Crippen LogP contribution in [0.5, 0.6) is 11.9 Å². The molecule has 1 aromatic carbocycles. The average Bonchev–Trinajstić information content (AvgIpc) is 2.92. The van der Waals surface area contributed by atoms with Crippen LogP contribution in [0.2, 0.25) is 0 Å². The molecule has 1 aromatic heterocycles. The Labute approximate surface area is 158 Å². The fourth-order valence-electron chi connectivity index (χ4n) is 4.52. The van der Waals surface area contributed by atoms with Gasteiger partial charge in [-0.15, -0.1) is 0 Å². The summed E-state index contributed by atoms with van der Waals surface area (Å²) >= 11 is 0. The highest BCUT2D eigenvalue weighted by Gasteiger charge is 2.49. The van der Waals surface area contributed by atoms with Gasteiger partial charge in [-0.05, 0) is 43.4 Å². The predicted octanol–water partition coefficient (Wildman–Crippen LogP) is 2.65. The van der Waals surface area contributed by atoms with Crippen molar-refractivity contribution >= 4 is 0 Å². The number of halogens is 1. The number of nitrogens with zero attached hydrogens (tertiary/aromatic N) is 3. The molecule has 3 heterocycles. The summed E-state index contributed by atoms with van der Waals surface area (Å²) in [4.78, 5) is 10.8. The molecule has 0 amide bonds. The molecule has 27 heavy (non-hydrogen) atoms. The lowest BCUT2D eigenvalue weighted by molar-refractivity contribution is -0.0612. The highest BCUT2D eigenvalue weighted by molar-refractivity contribution is 5.33. The minimum atomic E-state index is -1.03. The van der Waals surface area contributed by atoms with E-state index < -0.39 is 5.60 Å². The molecule has 2 aromatic rings. The molecule has 4 rings (SSSR count). The molecular weight excluding hydrogens is 349 g/mol. The Morgan fingerprint density at radius 1 is 1.15 bits per heavy atom. The molecule has 1 N–H and O–H groups in total. The molecule has 2 saturated heterocycles. The quantitative estimate of drug-likeness (QED) is 0.869. The third-order valence-electron chi connectivity index (χ3n) is 5.81. The van der Waals surface area contributed by atoms with Crippen LogP contribution in [-0.4, -0.2) is 46.3 Å². The number of methoxy groups -OCH3 is 2. The van der Waals surface area contributed by atoms with Gasteiger partial charge in [0.05, 0.1) is 25.4 Å². The number of fused-ring (bicyclic) bond motifs is 2. The third kappa shape index (κ3) is 3.37. The fourth-order valence-corrected chi connectivity index (χ4v) is 4.52. The van der Waals surface area contributed by atoms with Crippen molar-refractivity contribution in [3.63, 3.8) is 0 Å². The highest BCUT2D eigenvalue weighted by Crippen LogP contribution is 2.48. The molecular formula is C20H24FN3O3. The van der Waals surface area contributed by atoms with Crippen molar-refractivity contribution in [2.45, 2.75) is 49.9 Å². The zero-order valence-electron chi connectivity index (χ0n) is 15.6. The van der Waals surface area contributed by atoms with Gasteiger partial charge in [-0.25, -0.2) is 9.37 Å². The van der Waals surface area contributed by atoms with Crippen molar-refractivity contribution in [3.05, 3.63) is 47.4 Å². The van der Waals surface area contributed by atoms with Gasteiger partial charge < -0.3 is 14.6 Å². The number of ether oxygens (including phenoxy) is 2. The van der Waals surface area contributed by atoms with Crippen LogP contribution >= 0.6 is 0 Å². The van der Waals surface area contributed by atoms with Gasteiger partial charge in [0.25, 0.3) is 0 Å². The minimum absolute atomic E-state index is 0.218. The van der Waals surface area contributed by atoms with Gasteiger partial charge in [0, 0.05) is 24.8 Å². The van der Waals surface area contributed by atoms with Crippen LogP contribution in [0.1, 0.15) is 36.8 Å². The van der Waals surface area contributed by atoms with Crippen LogP contribution in [0.3, 0.4) is 0 Å². The summed E-state index contributed by atoms with van der Waals surface area (Å²) in [7, 11) is 3.03. The van der Waals surface area contributed by atoms with Gasteiger partial charge in [0.15, 0.2) is 0 Å². The van der Waals surface area contributed by atoms with E-state index in [1.807, 2.05) is 12.1 Å². The van der Waals surface area contributed by atoms with E-state index >= 15 is 0 Å². The Morgan fingerprint density at radius 2 is 1.81 bits per heavy atom. The second-order valence-corrected chi connectivity index (χ2v) is 7.40. The largest absolute Gasteiger partial charge is 0.481 e. The van der Waals surface area contributed by atoms with Crippen molar-refractivity contribution in [1.82, 2.24) is 14.9 Å². The number of benzene rings is 1. The summed E-state index contributed by atoms with van der Waals surface area (Å²) in [6.45, 7) is 0.766. The van der Waals surface area contributed by atoms with Crippen LogP contribution in [-0.2, 0) is 12.1 Å². The van der Waals surface area contributed by atoms with Crippen molar-refractivity contribution in [3.8, 4) is 11.9 Å². The van der Waals surface area contributed by atoms with E-state index in [-0.39, 0.29) is 23.9 Å². The van der Waals surface area contributed by atoms with Crippen LogP contribution in [0.25, 0.3) is 0 Å². The Hall–Kier alpha value is -2.25. The van der Waals surface area contributed by atoms with Gasteiger partial charge in [-0.1, -0.05) is 12.1 Å². The SMILES string of the molecule is COc1ncc(C2(O)C[C@@H]3CC[C@@H](C2)N3Cc2ccc(F)cc2)c(OC)n1. The van der Waals surface area contributed by atoms with E-state index in [9.17, 15) is 9.50 Å². The first-order chi connectivity index (χ1) is 13.0. The topological polar surface area (TPSA) is 67.7 Å². The fraction of sp³-hybridized carbons (Fsp3) is 0.500. The first-order valence-electron chi connectivity index (χ1n) is 9.20. The van der Waals surface area contributed by atoms with E-state index in [0.717, 1.165) is 24.9 Å². The van der Waals surface area contributed by atoms with E-state index in [2.05, 4.69) is 14.9 Å². The molecule has 2 aliphatic heterocycles. The summed E-state index contributed by atoms with van der Waals surface area (Å²) in [5.41, 5.74) is 0.677. The molecule has 2 fully saturated rings. The normalized spacial score (nSPS) is 27.6. The zero-order chi connectivity index (χ0) is 19.0. The number of aromatic nitrogens is 2. The van der Waals surface area contributed by atoms with Crippen molar-refractivity contribution in [2.75, 3.05) is 14.2 Å². The van der Waals surface area contributed by atoms with E-state index in [4.69, 9.17) is 9.47 Å². The number of hydrogen-bond donors (Lipinski definition) is 1. The molecule has 2 aliphatic rings. The maximum Gasteiger partial charge on any atom is 0.319 e. The Morgan fingerprint density at radius 3 is 2.41 bits per heavy atom.